The lowest BCUT2D eigenvalue weighted by Gasteiger charge is -2.13. The van der Waals surface area contributed by atoms with Crippen molar-refractivity contribution in [2.75, 3.05) is 12.4 Å². The zero-order valence-corrected chi connectivity index (χ0v) is 17.9. The van der Waals surface area contributed by atoms with E-state index in [0.29, 0.717) is 11.5 Å². The van der Waals surface area contributed by atoms with E-state index in [1.54, 1.807) is 36.8 Å². The van der Waals surface area contributed by atoms with Gasteiger partial charge in [0.2, 0.25) is 5.75 Å². The number of halogens is 1. The second kappa shape index (κ2) is 9.37. The van der Waals surface area contributed by atoms with Crippen molar-refractivity contribution in [3.8, 4) is 23.1 Å². The molecular weight excluding hydrogens is 450 g/mol. The van der Waals surface area contributed by atoms with Crippen molar-refractivity contribution in [3.63, 3.8) is 0 Å². The molecule has 2 aromatic heterocycles. The summed E-state index contributed by atoms with van der Waals surface area (Å²) < 4.78 is 12.6. The van der Waals surface area contributed by atoms with Gasteiger partial charge in [-0.25, -0.2) is 9.67 Å². The second-order valence-electron chi connectivity index (χ2n) is 6.62. The van der Waals surface area contributed by atoms with Gasteiger partial charge in [0.05, 0.1) is 17.7 Å². The quantitative estimate of drug-likeness (QED) is 0.305. The molecule has 11 heteroatoms. The predicted molar refractivity (Wildman–Crippen MR) is 120 cm³/mol. The van der Waals surface area contributed by atoms with E-state index in [4.69, 9.17) is 21.1 Å². The Morgan fingerprint density at radius 1 is 1.09 bits per heavy atom. The first-order valence-corrected chi connectivity index (χ1v) is 9.90. The molecule has 0 fully saturated rings. The minimum Gasteiger partial charge on any atom is -0.493 e. The number of nitrogens with zero attached hydrogens (tertiary/aromatic N) is 4. The third kappa shape index (κ3) is 4.75. The number of hydrogen-bond donors (Lipinski definition) is 1. The number of nitro groups is 1. The molecular formula is C22H16ClN5O5. The maximum atomic E-state index is 12.9. The minimum atomic E-state index is -0.597. The SMILES string of the molecule is COc1cc(C(=O)Nc2cccnc2-n2cccn2)ccc1Oc1ccc(Cl)cc1[N+](=O)[O-]. The number of pyridine rings is 1. The van der Waals surface area contributed by atoms with Crippen LogP contribution in [0.15, 0.2) is 73.2 Å². The van der Waals surface area contributed by atoms with Gasteiger partial charge in [-0.15, -0.1) is 0 Å². The maximum absolute atomic E-state index is 12.9. The minimum absolute atomic E-state index is 0.0147. The van der Waals surface area contributed by atoms with Crippen LogP contribution >= 0.6 is 11.6 Å². The largest absolute Gasteiger partial charge is 0.493 e. The van der Waals surface area contributed by atoms with Crippen molar-refractivity contribution in [3.05, 3.63) is 93.9 Å². The standard InChI is InChI=1S/C22H16ClN5O5/c1-32-20-12-14(5-7-19(20)33-18-8-6-15(23)13-17(18)28(30)31)22(29)26-16-4-2-9-24-21(16)27-11-3-10-25-27/h2-13H,1H3,(H,26,29). The van der Waals surface area contributed by atoms with Gasteiger partial charge in [-0.3, -0.25) is 14.9 Å². The zero-order chi connectivity index (χ0) is 23.4. The number of nitro benzene ring substituents is 1. The number of aromatic nitrogens is 3. The fourth-order valence-electron chi connectivity index (χ4n) is 3.00. The average molecular weight is 466 g/mol. The molecule has 0 aliphatic carbocycles. The van der Waals surface area contributed by atoms with Gasteiger partial charge in [0.25, 0.3) is 5.91 Å². The Morgan fingerprint density at radius 2 is 1.91 bits per heavy atom. The summed E-state index contributed by atoms with van der Waals surface area (Å²) in [6, 6.07) is 13.7. The Kier molecular flexibility index (Phi) is 6.18. The monoisotopic (exact) mass is 465 g/mol. The number of amides is 1. The summed E-state index contributed by atoms with van der Waals surface area (Å²) in [5.41, 5.74) is 0.441. The van der Waals surface area contributed by atoms with Gasteiger partial charge >= 0.3 is 5.69 Å². The Labute approximate surface area is 192 Å². The number of rotatable bonds is 7. The molecule has 4 aromatic rings. The van der Waals surface area contributed by atoms with E-state index in [2.05, 4.69) is 15.4 Å². The highest BCUT2D eigenvalue weighted by molar-refractivity contribution is 6.30. The van der Waals surface area contributed by atoms with Gasteiger partial charge in [0, 0.05) is 35.2 Å². The van der Waals surface area contributed by atoms with Crippen molar-refractivity contribution < 1.29 is 19.2 Å². The number of carbonyl (C=O) groups is 1. The van der Waals surface area contributed by atoms with E-state index < -0.39 is 10.8 Å². The van der Waals surface area contributed by atoms with E-state index in [1.807, 2.05) is 0 Å². The van der Waals surface area contributed by atoms with E-state index in [9.17, 15) is 14.9 Å². The average Bonchev–Trinajstić information content (AvgIpc) is 3.35. The first-order chi connectivity index (χ1) is 16.0. The van der Waals surface area contributed by atoms with Gasteiger partial charge < -0.3 is 14.8 Å². The van der Waals surface area contributed by atoms with Crippen molar-refractivity contribution in [1.29, 1.82) is 0 Å². The summed E-state index contributed by atoms with van der Waals surface area (Å²) in [6.45, 7) is 0. The topological polar surface area (TPSA) is 121 Å². The van der Waals surface area contributed by atoms with Crippen LogP contribution in [0, 0.1) is 10.1 Å². The summed E-state index contributed by atoms with van der Waals surface area (Å²) in [5, 5.41) is 18.5. The zero-order valence-electron chi connectivity index (χ0n) is 17.1. The highest BCUT2D eigenvalue weighted by Gasteiger charge is 2.19. The van der Waals surface area contributed by atoms with Gasteiger partial charge in [0.15, 0.2) is 17.3 Å². The van der Waals surface area contributed by atoms with E-state index in [-0.39, 0.29) is 33.5 Å². The maximum Gasteiger partial charge on any atom is 0.313 e. The Morgan fingerprint density at radius 3 is 2.64 bits per heavy atom. The molecule has 0 aliphatic heterocycles. The van der Waals surface area contributed by atoms with Crippen LogP contribution in [0.5, 0.6) is 17.2 Å². The number of carbonyl (C=O) groups excluding carboxylic acids is 1. The summed E-state index contributed by atoms with van der Waals surface area (Å²) in [4.78, 5) is 27.9. The van der Waals surface area contributed by atoms with E-state index in [0.717, 1.165) is 0 Å². The number of benzene rings is 2. The third-order valence-electron chi connectivity index (χ3n) is 4.52. The van der Waals surface area contributed by atoms with E-state index in [1.165, 1.54) is 48.2 Å². The second-order valence-corrected chi connectivity index (χ2v) is 7.05. The van der Waals surface area contributed by atoms with Gasteiger partial charge in [-0.05, 0) is 48.5 Å². The molecule has 0 saturated heterocycles. The van der Waals surface area contributed by atoms with Crippen LogP contribution in [0.2, 0.25) is 5.02 Å². The van der Waals surface area contributed by atoms with Crippen LogP contribution < -0.4 is 14.8 Å². The highest BCUT2D eigenvalue weighted by Crippen LogP contribution is 2.38. The van der Waals surface area contributed by atoms with Crippen LogP contribution in [0.25, 0.3) is 5.82 Å². The van der Waals surface area contributed by atoms with Crippen molar-refractivity contribution in [2.24, 2.45) is 0 Å². The lowest BCUT2D eigenvalue weighted by molar-refractivity contribution is -0.385. The van der Waals surface area contributed by atoms with Gasteiger partial charge in [-0.2, -0.15) is 5.10 Å². The van der Waals surface area contributed by atoms with Crippen LogP contribution in [0.3, 0.4) is 0 Å². The first kappa shape index (κ1) is 21.8. The molecule has 10 nitrogen and oxygen atoms in total. The fourth-order valence-corrected chi connectivity index (χ4v) is 3.16. The van der Waals surface area contributed by atoms with Crippen molar-refractivity contribution in [2.45, 2.75) is 0 Å². The van der Waals surface area contributed by atoms with Crippen molar-refractivity contribution >= 4 is 28.9 Å². The predicted octanol–water partition coefficient (Wildman–Crippen LogP) is 4.88. The van der Waals surface area contributed by atoms with Crippen LogP contribution in [0.1, 0.15) is 10.4 Å². The van der Waals surface area contributed by atoms with Gasteiger partial charge in [-0.1, -0.05) is 11.6 Å². The molecule has 2 heterocycles. The molecule has 1 N–H and O–H groups in total. The van der Waals surface area contributed by atoms with Crippen LogP contribution in [-0.2, 0) is 0 Å². The Bertz CT molecular complexity index is 1330. The molecule has 2 aromatic carbocycles. The molecule has 0 radical (unpaired) electrons. The summed E-state index contributed by atoms with van der Waals surface area (Å²) in [7, 11) is 1.40. The molecule has 0 saturated carbocycles. The number of nitrogens with one attached hydrogen (secondary N) is 1. The number of ether oxygens (including phenoxy) is 2. The lowest BCUT2D eigenvalue weighted by atomic mass is 10.1. The third-order valence-corrected chi connectivity index (χ3v) is 4.75. The first-order valence-electron chi connectivity index (χ1n) is 9.52. The molecule has 0 bridgehead atoms. The highest BCUT2D eigenvalue weighted by atomic mass is 35.5. The molecule has 4 rings (SSSR count). The molecule has 0 spiro atoms. The van der Waals surface area contributed by atoms with Crippen molar-refractivity contribution in [1.82, 2.24) is 14.8 Å². The Balaban J connectivity index is 1.59. The summed E-state index contributed by atoms with van der Waals surface area (Å²) in [6.07, 6.45) is 4.91. The molecule has 0 atom stereocenters. The lowest BCUT2D eigenvalue weighted by Crippen LogP contribution is -2.15. The number of methoxy groups -OCH3 is 1. The molecule has 0 unspecified atom stereocenters. The summed E-state index contributed by atoms with van der Waals surface area (Å²) >= 11 is 5.85. The smallest absolute Gasteiger partial charge is 0.313 e. The molecule has 166 valence electrons. The normalized spacial score (nSPS) is 10.5. The van der Waals surface area contributed by atoms with Crippen LogP contribution in [-0.4, -0.2) is 32.7 Å². The number of hydrogen-bond acceptors (Lipinski definition) is 7. The van der Waals surface area contributed by atoms with Crippen LogP contribution in [0.4, 0.5) is 11.4 Å². The molecule has 1 amide bonds. The molecule has 33 heavy (non-hydrogen) atoms. The number of anilines is 1. The van der Waals surface area contributed by atoms with Gasteiger partial charge in [0.1, 0.15) is 0 Å². The summed E-state index contributed by atoms with van der Waals surface area (Å²) in [5.74, 6) is 0.430. The van der Waals surface area contributed by atoms with E-state index >= 15 is 0 Å². The Hall–Kier alpha value is -4.44. The fraction of sp³-hybridized carbons (Fsp3) is 0.0455. The molecule has 0 aliphatic rings.